The normalized spacial score (nSPS) is 14.3. The Balaban J connectivity index is 1.21. The highest BCUT2D eigenvalue weighted by molar-refractivity contribution is 7.26. The molecule has 0 saturated heterocycles. The molecule has 0 amide bonds. The lowest BCUT2D eigenvalue weighted by molar-refractivity contribution is 0.590. The molecule has 0 radical (unpaired) electrons. The molecule has 0 spiro atoms. The molecule has 2 nitrogen and oxygen atoms in total. The topological polar surface area (TPSA) is 6.48 Å². The van der Waals surface area contributed by atoms with Crippen LogP contribution in [0.25, 0.3) is 22.3 Å². The van der Waals surface area contributed by atoms with E-state index in [9.17, 15) is 2.74 Å². The van der Waals surface area contributed by atoms with Crippen LogP contribution >= 0.6 is 0 Å². The average molecular weight is 892 g/mol. The van der Waals surface area contributed by atoms with Gasteiger partial charge in [0.1, 0.15) is 0 Å². The largest absolute Gasteiger partial charge is 0.312 e. The second-order valence-corrected chi connectivity index (χ2v) is 22.7. The molecule has 68 heavy (non-hydrogen) atoms. The maximum atomic E-state index is 9.44. The second kappa shape index (κ2) is 16.8. The molecule has 4 heteroatoms. The first-order valence-electron chi connectivity index (χ1n) is 26.0. The first kappa shape index (κ1) is 36.2. The molecule has 2 aliphatic rings. The molecule has 0 bridgehead atoms. The minimum atomic E-state index is -3.33. The molecule has 0 atom stereocenters. The number of rotatable bonds is 8. The Labute approximate surface area is 409 Å². The van der Waals surface area contributed by atoms with E-state index in [1.807, 2.05) is 6.07 Å². The summed E-state index contributed by atoms with van der Waals surface area (Å²) in [5, 5.41) is 4.76. The summed E-state index contributed by atoms with van der Waals surface area (Å²) in [6.07, 6.45) is 0. The van der Waals surface area contributed by atoms with Gasteiger partial charge >= 0.3 is 0 Å². The van der Waals surface area contributed by atoms with E-state index in [0.717, 1.165) is 61.4 Å². The Kier molecular flexibility index (Phi) is 8.93. The van der Waals surface area contributed by atoms with Gasteiger partial charge < -0.3 is 9.80 Å². The van der Waals surface area contributed by atoms with Crippen LogP contribution in [-0.2, 0) is 5.41 Å². The summed E-state index contributed by atoms with van der Waals surface area (Å²) in [4.78, 5) is 4.71. The smallest absolute Gasteiger partial charge is 0.246 e. The van der Waals surface area contributed by atoms with Crippen LogP contribution in [-0.4, -0.2) is 14.8 Å². The standard InChI is InChI=1S/C64H51BN2Si/c1-64(2,3)50-35-39-52(40-36-50)66(51-25-13-6-14-26-51)54-41-42-59-58(45-54)65-57-31-19-20-32-61(57)68(55-27-15-7-16-28-55,56-29-17-8-18-30-56)62-44-49(47-23-11-5-12-24-47)43-60(63(62)65)67(59)53-37-33-48(34-38-53)46-21-9-4-10-22-46/h4-45H,1-3H3/i5D,11D,12D,23D,24D. The van der Waals surface area contributed by atoms with Gasteiger partial charge in [0.25, 0.3) is 0 Å². The van der Waals surface area contributed by atoms with Gasteiger partial charge in [0.05, 0.1) is 6.85 Å². The number of nitrogens with zero attached hydrogens (tertiary/aromatic N) is 2. The van der Waals surface area contributed by atoms with Crippen molar-refractivity contribution in [2.75, 3.05) is 9.80 Å². The van der Waals surface area contributed by atoms with Gasteiger partial charge in [-0.2, -0.15) is 0 Å². The van der Waals surface area contributed by atoms with Gasteiger partial charge in [0.2, 0.25) is 6.71 Å². The van der Waals surface area contributed by atoms with Crippen molar-refractivity contribution in [3.8, 4) is 22.3 Å². The van der Waals surface area contributed by atoms with Crippen molar-refractivity contribution >= 4 is 86.0 Å². The van der Waals surface area contributed by atoms with Crippen LogP contribution in [0.15, 0.2) is 255 Å². The Hall–Kier alpha value is -7.92. The van der Waals surface area contributed by atoms with Crippen LogP contribution in [0.3, 0.4) is 0 Å². The van der Waals surface area contributed by atoms with E-state index < -0.39 is 14.1 Å². The highest BCUT2D eigenvalue weighted by atomic mass is 28.3. The molecule has 324 valence electrons. The zero-order valence-corrected chi connectivity index (χ0v) is 39.3. The lowest BCUT2D eigenvalue weighted by Gasteiger charge is -2.48. The zero-order chi connectivity index (χ0) is 50.2. The fourth-order valence-electron chi connectivity index (χ4n) is 10.9. The van der Waals surface area contributed by atoms with Crippen LogP contribution < -0.4 is 46.9 Å². The molecule has 0 N–H and O–H groups in total. The summed E-state index contributed by atoms with van der Waals surface area (Å²) in [6.45, 7) is 6.49. The van der Waals surface area contributed by atoms with Crippen molar-refractivity contribution in [1.82, 2.24) is 0 Å². The number of fused-ring (bicyclic) bond motifs is 4. The second-order valence-electron chi connectivity index (χ2n) is 18.9. The summed E-state index contributed by atoms with van der Waals surface area (Å²) in [5.74, 6) is 0. The fourth-order valence-corrected chi connectivity index (χ4v) is 16.3. The van der Waals surface area contributed by atoms with E-state index in [-0.39, 0.29) is 41.9 Å². The molecule has 12 rings (SSSR count). The summed E-state index contributed by atoms with van der Waals surface area (Å²) in [7, 11) is -3.33. The van der Waals surface area contributed by atoms with E-state index in [4.69, 9.17) is 4.11 Å². The highest BCUT2D eigenvalue weighted by Crippen LogP contribution is 2.42. The first-order valence-corrected chi connectivity index (χ1v) is 25.5. The lowest BCUT2D eigenvalue weighted by atomic mass is 9.34. The van der Waals surface area contributed by atoms with Gasteiger partial charge in [-0.1, -0.05) is 220 Å². The van der Waals surface area contributed by atoms with E-state index in [2.05, 4.69) is 249 Å². The van der Waals surface area contributed by atoms with Crippen molar-refractivity contribution in [2.24, 2.45) is 0 Å². The number of hydrogen-bond donors (Lipinski definition) is 0. The predicted molar refractivity (Wildman–Crippen MR) is 294 cm³/mol. The highest BCUT2D eigenvalue weighted by Gasteiger charge is 2.53. The maximum absolute atomic E-state index is 9.44. The predicted octanol–water partition coefficient (Wildman–Crippen LogP) is 11.8. The third-order valence-electron chi connectivity index (χ3n) is 14.0. The van der Waals surface area contributed by atoms with E-state index in [0.29, 0.717) is 5.56 Å². The van der Waals surface area contributed by atoms with Crippen molar-refractivity contribution < 1.29 is 6.85 Å². The summed E-state index contributed by atoms with van der Waals surface area (Å²) in [5.41, 5.74) is 13.7. The van der Waals surface area contributed by atoms with Gasteiger partial charge in [-0.3, -0.25) is 0 Å². The van der Waals surface area contributed by atoms with Gasteiger partial charge in [-0.05, 0) is 126 Å². The van der Waals surface area contributed by atoms with Gasteiger partial charge in [0, 0.05) is 34.1 Å². The monoisotopic (exact) mass is 891 g/mol. The zero-order valence-electron chi connectivity index (χ0n) is 43.3. The van der Waals surface area contributed by atoms with E-state index in [1.165, 1.54) is 26.6 Å². The van der Waals surface area contributed by atoms with Gasteiger partial charge in [0.15, 0.2) is 8.07 Å². The molecule has 2 heterocycles. The van der Waals surface area contributed by atoms with E-state index in [1.54, 1.807) is 0 Å². The summed E-state index contributed by atoms with van der Waals surface area (Å²) in [6, 6.07) is 78.9. The molecule has 0 aliphatic carbocycles. The third kappa shape index (κ3) is 6.86. The number of para-hydroxylation sites is 1. The molecule has 2 aliphatic heterocycles. The molecule has 0 aromatic heterocycles. The third-order valence-corrected chi connectivity index (χ3v) is 18.9. The van der Waals surface area contributed by atoms with Crippen molar-refractivity contribution in [3.63, 3.8) is 0 Å². The Bertz CT molecular complexity index is 3650. The average Bonchev–Trinajstić information content (AvgIpc) is 3.43. The SMILES string of the molecule is [2H]c1c([2H])c([2H])c(-c2cc3c4c(c2)[Si](c2ccccc2)(c2ccccc2)c2ccccc2B4c2cc(N(c4ccccc4)c4ccc(C(C)(C)C)cc4)ccc2N3c2ccc(-c3ccccc3)cc2)c([2H])c1[2H]. The number of benzene rings is 10. The van der Waals surface area contributed by atoms with Crippen LogP contribution in [0.2, 0.25) is 0 Å². The minimum Gasteiger partial charge on any atom is -0.312 e. The first-order chi connectivity index (χ1) is 35.4. The Morgan fingerprint density at radius 3 is 1.65 bits per heavy atom. The van der Waals surface area contributed by atoms with Crippen molar-refractivity contribution in [3.05, 3.63) is 260 Å². The van der Waals surface area contributed by atoms with E-state index >= 15 is 0 Å². The van der Waals surface area contributed by atoms with Gasteiger partial charge in [-0.15, -0.1) is 0 Å². The van der Waals surface area contributed by atoms with Crippen LogP contribution in [0.5, 0.6) is 0 Å². The Morgan fingerprint density at radius 1 is 0.441 bits per heavy atom. The van der Waals surface area contributed by atoms with Gasteiger partial charge in [-0.25, -0.2) is 0 Å². The summed E-state index contributed by atoms with van der Waals surface area (Å²) < 4.78 is 45.4. The minimum absolute atomic E-state index is 0.00934. The molecular weight excluding hydrogens is 836 g/mol. The molecule has 0 saturated carbocycles. The molecule has 10 aromatic carbocycles. The lowest BCUT2D eigenvalue weighted by Crippen LogP contribution is -2.87. The Morgan fingerprint density at radius 2 is 1.00 bits per heavy atom. The molecular formula is C64H51BN2Si. The molecule has 10 aromatic rings. The van der Waals surface area contributed by atoms with Crippen LogP contribution in [0.1, 0.15) is 33.2 Å². The maximum Gasteiger partial charge on any atom is 0.246 e. The quantitative estimate of drug-likeness (QED) is 0.140. The fraction of sp³-hybridized carbons (Fsp3) is 0.0625. The summed E-state index contributed by atoms with van der Waals surface area (Å²) >= 11 is 0. The number of hydrogen-bond acceptors (Lipinski definition) is 2. The van der Waals surface area contributed by atoms with Crippen LogP contribution in [0.4, 0.5) is 34.1 Å². The van der Waals surface area contributed by atoms with Crippen molar-refractivity contribution in [1.29, 1.82) is 0 Å². The van der Waals surface area contributed by atoms with Crippen molar-refractivity contribution in [2.45, 2.75) is 26.2 Å². The molecule has 0 fully saturated rings. The van der Waals surface area contributed by atoms with Crippen LogP contribution in [0, 0.1) is 0 Å². The number of anilines is 6. The molecule has 0 unspecified atom stereocenters.